The summed E-state index contributed by atoms with van der Waals surface area (Å²) in [5.41, 5.74) is 3.77. The molecule has 0 aliphatic heterocycles. The van der Waals surface area contributed by atoms with Gasteiger partial charge in [-0.15, -0.1) is 0 Å². The monoisotopic (exact) mass is 168 g/mol. The minimum absolute atomic E-state index is 0.732. The van der Waals surface area contributed by atoms with Gasteiger partial charge < -0.3 is 0 Å². The molecule has 0 unspecified atom stereocenters. The highest BCUT2D eigenvalue weighted by molar-refractivity contribution is 6.30. The lowest BCUT2D eigenvalue weighted by Gasteiger charge is -1.97. The van der Waals surface area contributed by atoms with Gasteiger partial charge in [0.25, 0.3) is 0 Å². The molecule has 0 radical (unpaired) electrons. The van der Waals surface area contributed by atoms with Crippen molar-refractivity contribution in [2.45, 2.75) is 6.92 Å². The van der Waals surface area contributed by atoms with E-state index >= 15 is 0 Å². The van der Waals surface area contributed by atoms with Crippen molar-refractivity contribution in [1.82, 2.24) is 0 Å². The highest BCUT2D eigenvalue weighted by atomic mass is 35.5. The number of hydrogen-bond acceptors (Lipinski definition) is 2. The number of nitrogens with zero attached hydrogens (tertiary/aromatic N) is 1. The number of hydrazone groups is 1. The van der Waals surface area contributed by atoms with E-state index in [1.165, 1.54) is 0 Å². The van der Waals surface area contributed by atoms with E-state index in [-0.39, 0.29) is 0 Å². The third-order valence-electron chi connectivity index (χ3n) is 1.17. The molecule has 0 spiro atoms. The minimum Gasteiger partial charge on any atom is -0.279 e. The maximum atomic E-state index is 5.68. The molecule has 0 heterocycles. The predicted molar refractivity (Wildman–Crippen MR) is 49.2 cm³/mol. The van der Waals surface area contributed by atoms with Gasteiger partial charge in [0.15, 0.2) is 0 Å². The number of benzene rings is 1. The molecule has 1 aromatic carbocycles. The molecule has 0 aromatic heterocycles. The van der Waals surface area contributed by atoms with Gasteiger partial charge in [-0.25, -0.2) is 0 Å². The fourth-order valence-corrected chi connectivity index (χ4v) is 0.789. The van der Waals surface area contributed by atoms with Gasteiger partial charge in [-0.3, -0.25) is 5.43 Å². The lowest BCUT2D eigenvalue weighted by Crippen LogP contribution is -1.86. The molecule has 0 atom stereocenters. The molecule has 0 amide bonds. The first-order chi connectivity index (χ1) is 5.33. The van der Waals surface area contributed by atoms with E-state index < -0.39 is 0 Å². The molecule has 0 bridgehead atoms. The van der Waals surface area contributed by atoms with E-state index in [2.05, 4.69) is 10.5 Å². The second kappa shape index (κ2) is 3.98. The molecule has 0 saturated carbocycles. The van der Waals surface area contributed by atoms with Crippen LogP contribution in [0.2, 0.25) is 5.02 Å². The second-order valence-electron chi connectivity index (χ2n) is 2.01. The number of rotatable bonds is 2. The van der Waals surface area contributed by atoms with Gasteiger partial charge in [0.1, 0.15) is 0 Å². The van der Waals surface area contributed by atoms with Crippen molar-refractivity contribution in [2.75, 3.05) is 5.43 Å². The molecule has 0 fully saturated rings. The fraction of sp³-hybridized carbons (Fsp3) is 0.125. The van der Waals surface area contributed by atoms with Crippen LogP contribution < -0.4 is 5.43 Å². The maximum absolute atomic E-state index is 5.68. The summed E-state index contributed by atoms with van der Waals surface area (Å²) in [7, 11) is 0. The van der Waals surface area contributed by atoms with Crippen molar-refractivity contribution >= 4 is 23.5 Å². The highest BCUT2D eigenvalue weighted by Gasteiger charge is 1.87. The van der Waals surface area contributed by atoms with Crippen LogP contribution in [0.25, 0.3) is 0 Å². The third kappa shape index (κ3) is 2.60. The van der Waals surface area contributed by atoms with Gasteiger partial charge >= 0.3 is 0 Å². The van der Waals surface area contributed by atoms with Crippen molar-refractivity contribution in [2.24, 2.45) is 5.10 Å². The summed E-state index contributed by atoms with van der Waals surface area (Å²) in [5.74, 6) is 0. The van der Waals surface area contributed by atoms with Gasteiger partial charge in [-0.2, -0.15) is 5.10 Å². The predicted octanol–water partition coefficient (Wildman–Crippen LogP) is 2.76. The Morgan fingerprint density at radius 1 is 1.36 bits per heavy atom. The molecule has 0 aliphatic carbocycles. The quantitative estimate of drug-likeness (QED) is 0.533. The van der Waals surface area contributed by atoms with E-state index in [1.807, 2.05) is 31.2 Å². The molecule has 58 valence electrons. The van der Waals surface area contributed by atoms with Gasteiger partial charge in [0, 0.05) is 11.2 Å². The van der Waals surface area contributed by atoms with Crippen LogP contribution in [0.3, 0.4) is 0 Å². The van der Waals surface area contributed by atoms with Crippen LogP contribution in [-0.2, 0) is 0 Å². The lowest BCUT2D eigenvalue weighted by atomic mass is 10.3. The largest absolute Gasteiger partial charge is 0.279 e. The van der Waals surface area contributed by atoms with Crippen LogP contribution in [0, 0.1) is 0 Å². The smallest absolute Gasteiger partial charge is 0.0562 e. The van der Waals surface area contributed by atoms with E-state index in [9.17, 15) is 0 Å². The Morgan fingerprint density at radius 2 is 2.00 bits per heavy atom. The van der Waals surface area contributed by atoms with E-state index in [4.69, 9.17) is 11.6 Å². The maximum Gasteiger partial charge on any atom is 0.0562 e. The van der Waals surface area contributed by atoms with Crippen molar-refractivity contribution in [3.8, 4) is 0 Å². The van der Waals surface area contributed by atoms with Crippen molar-refractivity contribution in [3.05, 3.63) is 29.3 Å². The molecular weight excluding hydrogens is 160 g/mol. The van der Waals surface area contributed by atoms with Crippen molar-refractivity contribution in [3.63, 3.8) is 0 Å². The Morgan fingerprint density at radius 3 is 2.55 bits per heavy atom. The zero-order valence-corrected chi connectivity index (χ0v) is 6.97. The van der Waals surface area contributed by atoms with Gasteiger partial charge in [-0.1, -0.05) is 11.6 Å². The van der Waals surface area contributed by atoms with Crippen LogP contribution in [-0.4, -0.2) is 6.21 Å². The van der Waals surface area contributed by atoms with Crippen molar-refractivity contribution in [1.29, 1.82) is 0 Å². The summed E-state index contributed by atoms with van der Waals surface area (Å²) < 4.78 is 0. The SMILES string of the molecule is C/C=N\Nc1ccc(Cl)cc1. The third-order valence-corrected chi connectivity index (χ3v) is 1.42. The van der Waals surface area contributed by atoms with Crippen LogP contribution in [0.5, 0.6) is 0 Å². The number of hydrogen-bond donors (Lipinski definition) is 1. The van der Waals surface area contributed by atoms with Crippen LogP contribution in [0.4, 0.5) is 5.69 Å². The van der Waals surface area contributed by atoms with Gasteiger partial charge in [0.05, 0.1) is 5.69 Å². The first kappa shape index (κ1) is 8.08. The Balaban J connectivity index is 2.66. The fourth-order valence-electron chi connectivity index (χ4n) is 0.664. The molecular formula is C8H9ClN2. The first-order valence-electron chi connectivity index (χ1n) is 3.32. The molecule has 0 aliphatic rings. The summed E-state index contributed by atoms with van der Waals surface area (Å²) in [6.45, 7) is 1.85. The van der Waals surface area contributed by atoms with Gasteiger partial charge in [0.2, 0.25) is 0 Å². The second-order valence-corrected chi connectivity index (χ2v) is 2.44. The number of nitrogens with one attached hydrogen (secondary N) is 1. The van der Waals surface area contributed by atoms with Gasteiger partial charge in [-0.05, 0) is 31.2 Å². The average molecular weight is 169 g/mol. The summed E-state index contributed by atoms with van der Waals surface area (Å²) in [4.78, 5) is 0. The highest BCUT2D eigenvalue weighted by Crippen LogP contribution is 2.12. The lowest BCUT2D eigenvalue weighted by molar-refractivity contribution is 1.35. The topological polar surface area (TPSA) is 24.4 Å². The molecule has 3 heteroatoms. The summed E-state index contributed by atoms with van der Waals surface area (Å²) in [6, 6.07) is 7.37. The standard InChI is InChI=1S/C8H9ClN2/c1-2-10-11-8-5-3-7(9)4-6-8/h2-6,11H,1H3/b10-2-. The Labute approximate surface area is 70.9 Å². The minimum atomic E-state index is 0.732. The Bertz CT molecular complexity index is 241. The average Bonchev–Trinajstić information content (AvgIpc) is 2.04. The molecule has 0 saturated heterocycles. The summed E-state index contributed by atoms with van der Waals surface area (Å²) in [6.07, 6.45) is 1.69. The van der Waals surface area contributed by atoms with Crippen LogP contribution in [0.15, 0.2) is 29.4 Å². The normalized spacial score (nSPS) is 10.4. The molecule has 1 aromatic rings. The molecule has 1 N–H and O–H groups in total. The van der Waals surface area contributed by atoms with E-state index in [0.29, 0.717) is 0 Å². The molecule has 2 nitrogen and oxygen atoms in total. The molecule has 11 heavy (non-hydrogen) atoms. The van der Waals surface area contributed by atoms with E-state index in [0.717, 1.165) is 10.7 Å². The summed E-state index contributed by atoms with van der Waals surface area (Å²) in [5, 5.41) is 4.59. The zero-order chi connectivity index (χ0) is 8.10. The van der Waals surface area contributed by atoms with Crippen molar-refractivity contribution < 1.29 is 0 Å². The van der Waals surface area contributed by atoms with Crippen LogP contribution in [0.1, 0.15) is 6.92 Å². The Kier molecular flexibility index (Phi) is 2.93. The Hall–Kier alpha value is -1.02. The number of anilines is 1. The van der Waals surface area contributed by atoms with E-state index in [1.54, 1.807) is 6.21 Å². The summed E-state index contributed by atoms with van der Waals surface area (Å²) >= 11 is 5.68. The number of halogens is 1. The zero-order valence-electron chi connectivity index (χ0n) is 6.21. The first-order valence-corrected chi connectivity index (χ1v) is 3.70. The molecule has 1 rings (SSSR count). The van der Waals surface area contributed by atoms with Crippen LogP contribution >= 0.6 is 11.6 Å².